The number of carbonyl (C=O) groups excluding carboxylic acids is 1. The summed E-state index contributed by atoms with van der Waals surface area (Å²) in [7, 11) is 5.81. The normalized spacial score (nSPS) is 14.9. The third-order valence-electron chi connectivity index (χ3n) is 6.29. The Hall–Kier alpha value is -3.08. The van der Waals surface area contributed by atoms with Crippen molar-refractivity contribution in [3.05, 3.63) is 59.2 Å². The summed E-state index contributed by atoms with van der Waals surface area (Å²) in [5, 5.41) is 20.2. The summed E-state index contributed by atoms with van der Waals surface area (Å²) in [6, 6.07) is 15.1. The van der Waals surface area contributed by atoms with E-state index in [0.717, 1.165) is 51.1 Å². The van der Waals surface area contributed by atoms with E-state index in [2.05, 4.69) is 32.3 Å². The molecule has 1 heterocycles. The number of likely N-dealkylation sites (N-methyl/N-ethyl adjacent to an activating group) is 1. The molecule has 1 aliphatic rings. The lowest BCUT2D eigenvalue weighted by atomic mass is 10.1. The fourth-order valence-electron chi connectivity index (χ4n) is 4.28. The highest BCUT2D eigenvalue weighted by Crippen LogP contribution is 2.22. The van der Waals surface area contributed by atoms with Crippen LogP contribution in [-0.4, -0.2) is 80.5 Å². The van der Waals surface area contributed by atoms with Gasteiger partial charge in [-0.05, 0) is 55.2 Å². The van der Waals surface area contributed by atoms with E-state index in [1.165, 1.54) is 5.56 Å². The van der Waals surface area contributed by atoms with E-state index in [-0.39, 0.29) is 12.5 Å². The zero-order valence-electron chi connectivity index (χ0n) is 20.5. The Labute approximate surface area is 202 Å². The minimum Gasteiger partial charge on any atom is -0.497 e. The Bertz CT molecular complexity index is 992. The van der Waals surface area contributed by atoms with E-state index < -0.39 is 6.10 Å². The van der Waals surface area contributed by atoms with Crippen molar-refractivity contribution in [2.24, 2.45) is 0 Å². The molecular formula is C27H36N3O4+. The number of amides is 1. The number of hydrogen-bond donors (Lipinski definition) is 1. The number of benzene rings is 2. The van der Waals surface area contributed by atoms with Gasteiger partial charge in [-0.15, -0.1) is 0 Å². The topological polar surface area (TPSA) is 82.8 Å². The first-order valence-corrected chi connectivity index (χ1v) is 11.9. The van der Waals surface area contributed by atoms with Crippen LogP contribution < -0.4 is 9.47 Å². The van der Waals surface area contributed by atoms with Crippen LogP contribution in [0.2, 0.25) is 0 Å². The predicted molar refractivity (Wildman–Crippen MR) is 131 cm³/mol. The Kier molecular flexibility index (Phi) is 8.91. The number of likely N-dealkylation sites (tertiary alicyclic amines) is 1. The lowest BCUT2D eigenvalue weighted by molar-refractivity contribution is -0.893. The molecule has 2 aromatic carbocycles. The van der Waals surface area contributed by atoms with Gasteiger partial charge in [0.25, 0.3) is 5.91 Å². The van der Waals surface area contributed by atoms with E-state index >= 15 is 0 Å². The molecule has 1 N–H and O–H groups in total. The summed E-state index contributed by atoms with van der Waals surface area (Å²) < 4.78 is 11.6. The van der Waals surface area contributed by atoms with Gasteiger partial charge in [-0.2, -0.15) is 5.26 Å². The number of aliphatic hydroxyl groups is 1. The van der Waals surface area contributed by atoms with Crippen LogP contribution in [0.4, 0.5) is 0 Å². The summed E-state index contributed by atoms with van der Waals surface area (Å²) >= 11 is 0. The van der Waals surface area contributed by atoms with Crippen molar-refractivity contribution in [3.8, 4) is 17.6 Å². The summed E-state index contributed by atoms with van der Waals surface area (Å²) in [4.78, 5) is 14.6. The minimum absolute atomic E-state index is 0.0429. The van der Waals surface area contributed by atoms with Gasteiger partial charge in [0.2, 0.25) is 0 Å². The van der Waals surface area contributed by atoms with Crippen LogP contribution in [0.1, 0.15) is 40.7 Å². The molecule has 0 unspecified atom stereocenters. The van der Waals surface area contributed by atoms with Crippen LogP contribution in [0.15, 0.2) is 42.5 Å². The van der Waals surface area contributed by atoms with E-state index in [0.29, 0.717) is 27.9 Å². The molecule has 1 fully saturated rings. The van der Waals surface area contributed by atoms with Crippen LogP contribution in [0.25, 0.3) is 0 Å². The molecule has 0 aromatic heterocycles. The lowest BCUT2D eigenvalue weighted by Crippen LogP contribution is -2.48. The van der Waals surface area contributed by atoms with Crippen molar-refractivity contribution < 1.29 is 23.9 Å². The lowest BCUT2D eigenvalue weighted by Gasteiger charge is -2.32. The Morgan fingerprint density at radius 1 is 1.15 bits per heavy atom. The van der Waals surface area contributed by atoms with Gasteiger partial charge in [0.1, 0.15) is 36.8 Å². The van der Waals surface area contributed by atoms with Crippen molar-refractivity contribution in [2.45, 2.75) is 31.8 Å². The Morgan fingerprint density at radius 2 is 1.85 bits per heavy atom. The minimum atomic E-state index is -0.688. The molecule has 0 aliphatic carbocycles. The van der Waals surface area contributed by atoms with Crippen LogP contribution >= 0.6 is 0 Å². The van der Waals surface area contributed by atoms with Gasteiger partial charge < -0.3 is 24.0 Å². The zero-order valence-corrected chi connectivity index (χ0v) is 20.5. The average Bonchev–Trinajstić information content (AvgIpc) is 2.86. The van der Waals surface area contributed by atoms with Crippen LogP contribution in [0, 0.1) is 11.3 Å². The van der Waals surface area contributed by atoms with Crippen LogP contribution in [0.5, 0.6) is 11.5 Å². The molecule has 7 heteroatoms. The zero-order chi connectivity index (χ0) is 24.6. The van der Waals surface area contributed by atoms with Gasteiger partial charge >= 0.3 is 0 Å². The molecule has 2 aromatic rings. The molecule has 1 saturated heterocycles. The summed E-state index contributed by atoms with van der Waals surface area (Å²) in [5.41, 5.74) is 2.03. The second kappa shape index (κ2) is 11.9. The largest absolute Gasteiger partial charge is 0.497 e. The first-order chi connectivity index (χ1) is 16.3. The number of piperidine rings is 1. The number of nitriles is 1. The molecule has 1 amide bonds. The number of rotatable bonds is 10. The van der Waals surface area contributed by atoms with E-state index in [1.54, 1.807) is 25.3 Å². The molecule has 3 rings (SSSR count). The molecule has 182 valence electrons. The summed E-state index contributed by atoms with van der Waals surface area (Å²) in [6.07, 6.45) is 3.39. The number of nitrogens with zero attached hydrogens (tertiary/aromatic N) is 3. The monoisotopic (exact) mass is 466 g/mol. The van der Waals surface area contributed by atoms with Gasteiger partial charge in [-0.3, -0.25) is 4.79 Å². The molecule has 0 bridgehead atoms. The highest BCUT2D eigenvalue weighted by molar-refractivity contribution is 5.94. The highest BCUT2D eigenvalue weighted by atomic mass is 16.5. The van der Waals surface area contributed by atoms with Crippen molar-refractivity contribution >= 4 is 5.91 Å². The number of ether oxygens (including phenoxy) is 2. The summed E-state index contributed by atoms with van der Waals surface area (Å²) in [6.45, 7) is 2.98. The molecule has 34 heavy (non-hydrogen) atoms. The second-order valence-corrected chi connectivity index (χ2v) is 9.58. The number of quaternary nitrogens is 1. The van der Waals surface area contributed by atoms with Gasteiger partial charge in [-0.1, -0.05) is 12.1 Å². The highest BCUT2D eigenvalue weighted by Gasteiger charge is 2.23. The standard InChI is InChI=1S/C27H36N3O4/c1-30(2,16-13-21-7-10-25(33-3)11-8-21)19-24(31)20-34-26-12-9-22(17-23(26)18-28)27(32)29-14-5-4-6-15-29/h7-12,17,24,31H,4-6,13-16,19-20H2,1-3H3/q+1/t24-/m1/s1. The molecule has 7 nitrogen and oxygen atoms in total. The maximum atomic E-state index is 12.7. The Morgan fingerprint density at radius 3 is 2.50 bits per heavy atom. The third kappa shape index (κ3) is 7.21. The van der Waals surface area contributed by atoms with E-state index in [9.17, 15) is 15.2 Å². The van der Waals surface area contributed by atoms with Crippen molar-refractivity contribution in [1.82, 2.24) is 4.90 Å². The molecule has 0 spiro atoms. The number of aliphatic hydroxyl groups excluding tert-OH is 1. The van der Waals surface area contributed by atoms with Crippen LogP contribution in [0.3, 0.4) is 0 Å². The molecule has 1 atom stereocenters. The van der Waals surface area contributed by atoms with Crippen molar-refractivity contribution in [3.63, 3.8) is 0 Å². The van der Waals surface area contributed by atoms with Gasteiger partial charge in [0.05, 0.1) is 33.3 Å². The first kappa shape index (κ1) is 25.5. The number of carbonyl (C=O) groups is 1. The third-order valence-corrected chi connectivity index (χ3v) is 6.29. The average molecular weight is 467 g/mol. The van der Waals surface area contributed by atoms with Crippen LogP contribution in [-0.2, 0) is 6.42 Å². The number of methoxy groups -OCH3 is 1. The van der Waals surface area contributed by atoms with Gasteiger partial charge in [0.15, 0.2) is 0 Å². The quantitative estimate of drug-likeness (QED) is 0.544. The van der Waals surface area contributed by atoms with Gasteiger partial charge in [0, 0.05) is 25.1 Å². The maximum Gasteiger partial charge on any atom is 0.253 e. The van der Waals surface area contributed by atoms with Crippen molar-refractivity contribution in [2.75, 3.05) is 54.0 Å². The SMILES string of the molecule is COc1ccc(CC[N+](C)(C)C[C@@H](O)COc2ccc(C(=O)N3CCCCC3)cc2C#N)cc1. The molecule has 1 aliphatic heterocycles. The fourth-order valence-corrected chi connectivity index (χ4v) is 4.28. The smallest absolute Gasteiger partial charge is 0.253 e. The Balaban J connectivity index is 1.52. The second-order valence-electron chi connectivity index (χ2n) is 9.58. The predicted octanol–water partition coefficient (Wildman–Crippen LogP) is 3.25. The maximum absolute atomic E-state index is 12.7. The summed E-state index contributed by atoms with van der Waals surface area (Å²) in [5.74, 6) is 1.18. The first-order valence-electron chi connectivity index (χ1n) is 11.9. The van der Waals surface area contributed by atoms with E-state index in [4.69, 9.17) is 9.47 Å². The molecule has 0 saturated carbocycles. The molecular weight excluding hydrogens is 430 g/mol. The number of hydrogen-bond acceptors (Lipinski definition) is 5. The van der Waals surface area contributed by atoms with Gasteiger partial charge in [-0.25, -0.2) is 0 Å². The van der Waals surface area contributed by atoms with E-state index in [1.807, 2.05) is 17.0 Å². The molecule has 0 radical (unpaired) electrons. The van der Waals surface area contributed by atoms with Crippen molar-refractivity contribution in [1.29, 1.82) is 5.26 Å². The fraction of sp³-hybridized carbons (Fsp3) is 0.481.